The monoisotopic (exact) mass is 364 g/mol. The first-order valence-corrected chi connectivity index (χ1v) is 7.39. The Hall–Kier alpha value is -1.41. The van der Waals surface area contributed by atoms with E-state index in [9.17, 15) is 31.5 Å². The van der Waals surface area contributed by atoms with Crippen LogP contribution < -0.4 is 0 Å². The summed E-state index contributed by atoms with van der Waals surface area (Å²) in [5, 5.41) is 0. The number of halogens is 5. The summed E-state index contributed by atoms with van der Waals surface area (Å²) < 4.78 is 69.3. The molecule has 1 atom stereocenters. The summed E-state index contributed by atoms with van der Waals surface area (Å²) in [6, 6.07) is 0. The number of alkyl halides is 5. The molecule has 0 unspecified atom stereocenters. The van der Waals surface area contributed by atoms with Crippen LogP contribution in [0, 0.1) is 11.8 Å². The van der Waals surface area contributed by atoms with Crippen LogP contribution in [-0.2, 0) is 19.1 Å². The Kier molecular flexibility index (Phi) is 10.1. The van der Waals surface area contributed by atoms with E-state index in [1.165, 1.54) is 13.8 Å². The quantitative estimate of drug-likeness (QED) is 0.537. The SMILES string of the molecule is CC(C)C(=O)O[C@H](C)C(F)(F)C(F)(F)F.CC(C)OC(=O)C(C)C. The van der Waals surface area contributed by atoms with Crippen LogP contribution in [0.15, 0.2) is 0 Å². The van der Waals surface area contributed by atoms with Gasteiger partial charge >= 0.3 is 24.0 Å². The Bertz CT molecular complexity index is 403. The number of carbonyl (C=O) groups is 2. The zero-order valence-corrected chi connectivity index (χ0v) is 14.8. The van der Waals surface area contributed by atoms with Gasteiger partial charge in [-0.3, -0.25) is 9.59 Å². The largest absolute Gasteiger partial charge is 0.463 e. The molecule has 0 radical (unpaired) electrons. The minimum atomic E-state index is -5.72. The van der Waals surface area contributed by atoms with Gasteiger partial charge in [0.1, 0.15) is 0 Å². The molecule has 0 N–H and O–H groups in total. The molecule has 0 aromatic rings. The molecule has 9 heteroatoms. The summed E-state index contributed by atoms with van der Waals surface area (Å²) in [5.41, 5.74) is 0. The van der Waals surface area contributed by atoms with Crippen LogP contribution in [0.2, 0.25) is 0 Å². The fourth-order valence-electron chi connectivity index (χ4n) is 0.983. The van der Waals surface area contributed by atoms with Crippen LogP contribution in [0.3, 0.4) is 0 Å². The van der Waals surface area contributed by atoms with Gasteiger partial charge < -0.3 is 9.47 Å². The average Bonchev–Trinajstić information content (AvgIpc) is 2.36. The van der Waals surface area contributed by atoms with Gasteiger partial charge in [-0.15, -0.1) is 0 Å². The van der Waals surface area contributed by atoms with Crippen molar-refractivity contribution in [2.45, 2.75) is 72.8 Å². The van der Waals surface area contributed by atoms with Crippen molar-refractivity contribution in [2.24, 2.45) is 11.8 Å². The number of hydrogen-bond acceptors (Lipinski definition) is 4. The van der Waals surface area contributed by atoms with E-state index in [-0.39, 0.29) is 18.0 Å². The Morgan fingerprint density at radius 1 is 0.708 bits per heavy atom. The molecule has 0 rings (SSSR count). The number of ether oxygens (including phenoxy) is 2. The highest BCUT2D eigenvalue weighted by Gasteiger charge is 2.62. The normalized spacial score (nSPS) is 13.5. The molecule has 0 aliphatic heterocycles. The molecule has 0 bridgehead atoms. The number of rotatable bonds is 5. The molecule has 0 spiro atoms. The van der Waals surface area contributed by atoms with Crippen molar-refractivity contribution in [1.82, 2.24) is 0 Å². The summed E-state index contributed by atoms with van der Waals surface area (Å²) >= 11 is 0. The van der Waals surface area contributed by atoms with E-state index in [1.54, 1.807) is 0 Å². The highest BCUT2D eigenvalue weighted by atomic mass is 19.4. The van der Waals surface area contributed by atoms with Gasteiger partial charge in [0.2, 0.25) is 0 Å². The predicted molar refractivity (Wildman–Crippen MR) is 77.5 cm³/mol. The van der Waals surface area contributed by atoms with Gasteiger partial charge in [0.15, 0.2) is 6.10 Å². The second kappa shape index (κ2) is 9.78. The Labute approximate surface area is 138 Å². The molecular formula is C15H25F5O4. The molecule has 0 heterocycles. The molecule has 0 saturated carbocycles. The second-order valence-electron chi connectivity index (χ2n) is 5.99. The Morgan fingerprint density at radius 3 is 1.25 bits per heavy atom. The number of esters is 2. The molecule has 0 aromatic heterocycles. The van der Waals surface area contributed by atoms with Crippen LogP contribution in [-0.4, -0.2) is 36.2 Å². The summed E-state index contributed by atoms with van der Waals surface area (Å²) in [6.07, 6.45) is -8.23. The third-order valence-electron chi connectivity index (χ3n) is 2.48. The standard InChI is InChI=1S/C8H11F5O2.C7H14O2/c1-4(2)6(14)15-5(3)7(9,10)8(11,12)13;1-5(2)7(8)9-6(3)4/h4-5H,1-3H3;5-6H,1-4H3/t5-;/m1./s1. The fraction of sp³-hybridized carbons (Fsp3) is 0.867. The topological polar surface area (TPSA) is 52.6 Å². The number of hydrogen-bond donors (Lipinski definition) is 0. The zero-order chi connectivity index (χ0) is 19.9. The second-order valence-corrected chi connectivity index (χ2v) is 5.99. The molecule has 144 valence electrons. The van der Waals surface area contributed by atoms with E-state index >= 15 is 0 Å². The first kappa shape index (κ1) is 24.8. The highest BCUT2D eigenvalue weighted by molar-refractivity contribution is 5.72. The van der Waals surface area contributed by atoms with Crippen LogP contribution in [0.25, 0.3) is 0 Å². The maximum Gasteiger partial charge on any atom is 0.457 e. The summed E-state index contributed by atoms with van der Waals surface area (Å²) in [5.74, 6) is -7.00. The van der Waals surface area contributed by atoms with Gasteiger partial charge in [-0.25, -0.2) is 0 Å². The van der Waals surface area contributed by atoms with Gasteiger partial charge in [-0.1, -0.05) is 27.7 Å². The molecule has 24 heavy (non-hydrogen) atoms. The van der Waals surface area contributed by atoms with Crippen molar-refractivity contribution in [3.8, 4) is 0 Å². The van der Waals surface area contributed by atoms with Crippen LogP contribution in [0.4, 0.5) is 22.0 Å². The van der Waals surface area contributed by atoms with Crippen molar-refractivity contribution in [3.63, 3.8) is 0 Å². The molecule has 0 aliphatic carbocycles. The Morgan fingerprint density at radius 2 is 1.04 bits per heavy atom. The van der Waals surface area contributed by atoms with Crippen molar-refractivity contribution in [2.75, 3.05) is 0 Å². The molecule has 0 saturated heterocycles. The van der Waals surface area contributed by atoms with Crippen molar-refractivity contribution in [1.29, 1.82) is 0 Å². The predicted octanol–water partition coefficient (Wildman–Crippen LogP) is 4.37. The van der Waals surface area contributed by atoms with Gasteiger partial charge in [0.25, 0.3) is 0 Å². The molecule has 0 amide bonds. The van der Waals surface area contributed by atoms with E-state index in [0.29, 0.717) is 6.92 Å². The molecular weight excluding hydrogens is 339 g/mol. The lowest BCUT2D eigenvalue weighted by atomic mass is 10.2. The van der Waals surface area contributed by atoms with Gasteiger partial charge in [-0.05, 0) is 20.8 Å². The molecule has 0 fully saturated rings. The minimum absolute atomic E-state index is 0.00704. The van der Waals surface area contributed by atoms with Crippen LogP contribution >= 0.6 is 0 Å². The lowest BCUT2D eigenvalue weighted by molar-refractivity contribution is -0.312. The van der Waals surface area contributed by atoms with E-state index in [1.807, 2.05) is 27.7 Å². The zero-order valence-electron chi connectivity index (χ0n) is 14.8. The van der Waals surface area contributed by atoms with Crippen molar-refractivity contribution < 1.29 is 41.0 Å². The third kappa shape index (κ3) is 9.02. The maximum absolute atomic E-state index is 12.5. The maximum atomic E-state index is 12.5. The third-order valence-corrected chi connectivity index (χ3v) is 2.48. The summed E-state index contributed by atoms with van der Waals surface area (Å²) in [6.45, 7) is 10.5. The van der Waals surface area contributed by atoms with E-state index in [4.69, 9.17) is 4.74 Å². The minimum Gasteiger partial charge on any atom is -0.463 e. The lowest BCUT2D eigenvalue weighted by Crippen LogP contribution is -2.47. The highest BCUT2D eigenvalue weighted by Crippen LogP contribution is 2.39. The Balaban J connectivity index is 0. The first-order chi connectivity index (χ1) is 10.5. The van der Waals surface area contributed by atoms with Crippen molar-refractivity contribution >= 4 is 11.9 Å². The molecule has 4 nitrogen and oxygen atoms in total. The lowest BCUT2D eigenvalue weighted by Gasteiger charge is -2.26. The van der Waals surface area contributed by atoms with Crippen LogP contribution in [0.5, 0.6) is 0 Å². The smallest absolute Gasteiger partial charge is 0.457 e. The van der Waals surface area contributed by atoms with E-state index in [0.717, 1.165) is 0 Å². The van der Waals surface area contributed by atoms with E-state index in [2.05, 4.69) is 4.74 Å². The molecule has 0 aliphatic rings. The van der Waals surface area contributed by atoms with E-state index < -0.39 is 30.1 Å². The van der Waals surface area contributed by atoms with Crippen molar-refractivity contribution in [3.05, 3.63) is 0 Å². The van der Waals surface area contributed by atoms with Gasteiger partial charge in [0, 0.05) is 0 Å². The first-order valence-electron chi connectivity index (χ1n) is 7.39. The summed E-state index contributed by atoms with van der Waals surface area (Å²) in [4.78, 5) is 21.5. The molecule has 0 aromatic carbocycles. The van der Waals surface area contributed by atoms with Crippen LogP contribution in [0.1, 0.15) is 48.5 Å². The number of carbonyl (C=O) groups excluding carboxylic acids is 2. The average molecular weight is 364 g/mol. The van der Waals surface area contributed by atoms with Gasteiger partial charge in [-0.2, -0.15) is 22.0 Å². The van der Waals surface area contributed by atoms with Gasteiger partial charge in [0.05, 0.1) is 17.9 Å². The fourth-order valence-corrected chi connectivity index (χ4v) is 0.983. The summed E-state index contributed by atoms with van der Waals surface area (Å²) in [7, 11) is 0.